The predicted octanol–water partition coefficient (Wildman–Crippen LogP) is 3.94. The van der Waals surface area contributed by atoms with Crippen molar-refractivity contribution in [2.24, 2.45) is 0 Å². The Morgan fingerprint density at radius 2 is 1.66 bits per heavy atom. The molecule has 0 atom stereocenters. The topological polar surface area (TPSA) is 119 Å². The molecule has 3 aromatic carbocycles. The number of hydrogen-bond donors (Lipinski definition) is 1. The monoisotopic (exact) mass is 497 g/mol. The van der Waals surface area contributed by atoms with Crippen LogP contribution in [0.1, 0.15) is 18.9 Å². The number of ether oxygens (including phenoxy) is 1. The molecule has 0 aliphatic carbocycles. The van der Waals surface area contributed by atoms with E-state index in [1.807, 2.05) is 31.2 Å². The van der Waals surface area contributed by atoms with E-state index in [0.717, 1.165) is 22.0 Å². The Bertz CT molecular complexity index is 1230. The van der Waals surface area contributed by atoms with E-state index in [0.29, 0.717) is 19.6 Å². The number of nitrogens with one attached hydrogen (secondary N) is 1. The van der Waals surface area contributed by atoms with Crippen molar-refractivity contribution in [3.05, 3.63) is 94.5 Å². The molecule has 0 fully saturated rings. The molecule has 10 heteroatoms. The minimum atomic E-state index is -4.07. The number of nitro groups is 1. The molecule has 0 aromatic heterocycles. The van der Waals surface area contributed by atoms with Gasteiger partial charge in [0.1, 0.15) is 12.3 Å². The lowest BCUT2D eigenvalue weighted by atomic mass is 10.1. The highest BCUT2D eigenvalue weighted by atomic mass is 32.2. The van der Waals surface area contributed by atoms with E-state index in [9.17, 15) is 23.3 Å². The minimum absolute atomic E-state index is 0.0154. The van der Waals surface area contributed by atoms with Crippen LogP contribution in [-0.4, -0.2) is 38.9 Å². The normalized spacial score (nSPS) is 11.0. The Labute approximate surface area is 204 Å². The molecule has 1 N–H and O–H groups in total. The third-order valence-electron chi connectivity index (χ3n) is 5.17. The van der Waals surface area contributed by atoms with Crippen LogP contribution in [-0.2, 0) is 21.2 Å². The van der Waals surface area contributed by atoms with Crippen molar-refractivity contribution in [2.75, 3.05) is 24.0 Å². The molecule has 3 rings (SSSR count). The second-order valence-corrected chi connectivity index (χ2v) is 9.49. The summed E-state index contributed by atoms with van der Waals surface area (Å²) in [5.74, 6) is 0.324. The molecule has 0 heterocycles. The van der Waals surface area contributed by atoms with Crippen LogP contribution in [0.4, 0.5) is 11.4 Å². The molecule has 0 aliphatic heterocycles. The second kappa shape index (κ2) is 12.0. The summed E-state index contributed by atoms with van der Waals surface area (Å²) in [7, 11) is -4.07. The number of carbonyl (C=O) groups excluding carboxylic acids is 1. The van der Waals surface area contributed by atoms with Crippen LogP contribution in [0.15, 0.2) is 83.8 Å². The fourth-order valence-corrected chi connectivity index (χ4v) is 4.84. The first kappa shape index (κ1) is 25.7. The highest BCUT2D eigenvalue weighted by Crippen LogP contribution is 2.25. The molecule has 0 saturated heterocycles. The first-order chi connectivity index (χ1) is 16.8. The van der Waals surface area contributed by atoms with E-state index in [4.69, 9.17) is 4.74 Å². The van der Waals surface area contributed by atoms with E-state index in [1.165, 1.54) is 36.4 Å². The van der Waals surface area contributed by atoms with Gasteiger partial charge in [-0.3, -0.25) is 19.2 Å². The van der Waals surface area contributed by atoms with Crippen LogP contribution >= 0.6 is 0 Å². The Hall–Kier alpha value is -3.92. The lowest BCUT2D eigenvalue weighted by Crippen LogP contribution is -2.41. The fraction of sp³-hybridized carbons (Fsp3) is 0.240. The van der Waals surface area contributed by atoms with Gasteiger partial charge in [-0.25, -0.2) is 8.42 Å². The van der Waals surface area contributed by atoms with Crippen LogP contribution in [0.2, 0.25) is 0 Å². The highest BCUT2D eigenvalue weighted by molar-refractivity contribution is 7.92. The molecule has 184 valence electrons. The van der Waals surface area contributed by atoms with Gasteiger partial charge in [0.15, 0.2) is 0 Å². The zero-order chi connectivity index (χ0) is 25.3. The summed E-state index contributed by atoms with van der Waals surface area (Å²) in [5, 5.41) is 13.7. The molecule has 0 bridgehead atoms. The van der Waals surface area contributed by atoms with Crippen LogP contribution in [0, 0.1) is 10.1 Å². The van der Waals surface area contributed by atoms with Gasteiger partial charge < -0.3 is 10.1 Å². The van der Waals surface area contributed by atoms with E-state index in [1.54, 1.807) is 18.2 Å². The number of carbonyl (C=O) groups is 1. The van der Waals surface area contributed by atoms with Gasteiger partial charge in [-0.15, -0.1) is 0 Å². The molecule has 1 amide bonds. The van der Waals surface area contributed by atoms with E-state index < -0.39 is 27.4 Å². The number of benzene rings is 3. The summed E-state index contributed by atoms with van der Waals surface area (Å²) in [6.07, 6.45) is 1.41. The van der Waals surface area contributed by atoms with Gasteiger partial charge in [0.05, 0.1) is 22.1 Å². The lowest BCUT2D eigenvalue weighted by molar-refractivity contribution is -0.384. The minimum Gasteiger partial charge on any atom is -0.494 e. The zero-order valence-corrected chi connectivity index (χ0v) is 20.1. The molecule has 0 saturated carbocycles. The second-order valence-electron chi connectivity index (χ2n) is 7.63. The summed E-state index contributed by atoms with van der Waals surface area (Å²) in [4.78, 5) is 23.1. The average molecular weight is 498 g/mol. The predicted molar refractivity (Wildman–Crippen MR) is 133 cm³/mol. The Balaban J connectivity index is 1.66. The summed E-state index contributed by atoms with van der Waals surface area (Å²) < 4.78 is 32.9. The van der Waals surface area contributed by atoms with Gasteiger partial charge >= 0.3 is 0 Å². The molecule has 0 spiro atoms. The van der Waals surface area contributed by atoms with Crippen molar-refractivity contribution in [2.45, 2.75) is 24.7 Å². The number of anilines is 1. The molecule has 0 unspecified atom stereocenters. The summed E-state index contributed by atoms with van der Waals surface area (Å²) in [6.45, 7) is 2.43. The summed E-state index contributed by atoms with van der Waals surface area (Å²) >= 11 is 0. The first-order valence-electron chi connectivity index (χ1n) is 11.1. The van der Waals surface area contributed by atoms with Crippen LogP contribution in [0.25, 0.3) is 0 Å². The third kappa shape index (κ3) is 7.03. The van der Waals surface area contributed by atoms with E-state index >= 15 is 0 Å². The first-order valence-corrected chi connectivity index (χ1v) is 12.6. The van der Waals surface area contributed by atoms with Gasteiger partial charge in [-0.05, 0) is 61.7 Å². The van der Waals surface area contributed by atoms with Crippen molar-refractivity contribution in [3.63, 3.8) is 0 Å². The number of sulfonamides is 1. The SMILES string of the molecule is CCOc1ccc(CCCNC(=O)CN(c2ccc([N+](=O)[O-])cc2)S(=O)(=O)c2ccccc2)cc1. The maximum atomic E-state index is 13.3. The van der Waals surface area contributed by atoms with Gasteiger partial charge in [-0.2, -0.15) is 0 Å². The number of nitro benzene ring substituents is 1. The largest absolute Gasteiger partial charge is 0.494 e. The summed E-state index contributed by atoms with van der Waals surface area (Å²) in [6, 6.07) is 20.5. The standard InChI is InChI=1S/C25H27N3O6S/c1-2-34-23-16-10-20(11-17-23)7-6-18-26-25(29)19-27(21-12-14-22(15-13-21)28(30)31)35(32,33)24-8-4-3-5-9-24/h3-5,8-17H,2,6-7,18-19H2,1H3,(H,26,29). The molecular weight excluding hydrogens is 470 g/mol. The van der Waals surface area contributed by atoms with Crippen LogP contribution in [0.5, 0.6) is 5.75 Å². The Morgan fingerprint density at radius 3 is 2.26 bits per heavy atom. The van der Waals surface area contributed by atoms with Gasteiger partial charge in [-0.1, -0.05) is 30.3 Å². The average Bonchev–Trinajstić information content (AvgIpc) is 2.87. The number of non-ortho nitro benzene ring substituents is 1. The Kier molecular flexibility index (Phi) is 8.80. The van der Waals surface area contributed by atoms with Gasteiger partial charge in [0.25, 0.3) is 15.7 Å². The Morgan fingerprint density at radius 1 is 1.00 bits per heavy atom. The van der Waals surface area contributed by atoms with Crippen LogP contribution < -0.4 is 14.4 Å². The van der Waals surface area contributed by atoms with Crippen molar-refractivity contribution < 1.29 is 22.9 Å². The maximum absolute atomic E-state index is 13.3. The summed E-state index contributed by atoms with van der Waals surface area (Å²) in [5.41, 5.74) is 1.08. The van der Waals surface area contributed by atoms with E-state index in [2.05, 4.69) is 5.32 Å². The van der Waals surface area contributed by atoms with Crippen molar-refractivity contribution in [1.82, 2.24) is 5.32 Å². The number of amides is 1. The molecule has 0 radical (unpaired) electrons. The van der Waals surface area contributed by atoms with Crippen LogP contribution in [0.3, 0.4) is 0 Å². The van der Waals surface area contributed by atoms with E-state index in [-0.39, 0.29) is 16.3 Å². The smallest absolute Gasteiger partial charge is 0.269 e. The molecular formula is C25H27N3O6S. The number of nitrogens with zero attached hydrogens (tertiary/aromatic N) is 2. The molecule has 0 aliphatic rings. The van der Waals surface area contributed by atoms with Crippen molar-refractivity contribution >= 4 is 27.3 Å². The maximum Gasteiger partial charge on any atom is 0.269 e. The highest BCUT2D eigenvalue weighted by Gasteiger charge is 2.27. The van der Waals surface area contributed by atoms with Crippen molar-refractivity contribution in [1.29, 1.82) is 0 Å². The quantitative estimate of drug-likeness (QED) is 0.230. The molecule has 9 nitrogen and oxygen atoms in total. The van der Waals surface area contributed by atoms with Crippen molar-refractivity contribution in [3.8, 4) is 5.75 Å². The van der Waals surface area contributed by atoms with Gasteiger partial charge in [0.2, 0.25) is 5.91 Å². The van der Waals surface area contributed by atoms with Gasteiger partial charge in [0, 0.05) is 18.7 Å². The lowest BCUT2D eigenvalue weighted by Gasteiger charge is -2.24. The fourth-order valence-electron chi connectivity index (χ4n) is 3.40. The zero-order valence-electron chi connectivity index (χ0n) is 19.3. The third-order valence-corrected chi connectivity index (χ3v) is 6.95. The number of aryl methyl sites for hydroxylation is 1. The molecule has 3 aromatic rings. The molecule has 35 heavy (non-hydrogen) atoms. The number of hydrogen-bond acceptors (Lipinski definition) is 6. The number of rotatable bonds is 12.